The Morgan fingerprint density at radius 1 is 0.917 bits per heavy atom. The van der Waals surface area contributed by atoms with Crippen LogP contribution in [0.4, 0.5) is 0 Å². The summed E-state index contributed by atoms with van der Waals surface area (Å²) < 4.78 is 27.7. The quantitative estimate of drug-likeness (QED) is 0.515. The van der Waals surface area contributed by atoms with Gasteiger partial charge in [0, 0.05) is 9.86 Å². The predicted octanol–water partition coefficient (Wildman–Crippen LogP) is 5.69. The van der Waals surface area contributed by atoms with Crippen molar-refractivity contribution in [1.29, 1.82) is 0 Å². The first-order valence-electron chi connectivity index (χ1n) is 7.62. The zero-order chi connectivity index (χ0) is 17.2. The summed E-state index contributed by atoms with van der Waals surface area (Å²) >= 11 is 3.50. The first-order valence-corrected chi connectivity index (χ1v) is 9.96. The van der Waals surface area contributed by atoms with Crippen molar-refractivity contribution in [3.63, 3.8) is 0 Å². The Morgan fingerprint density at radius 2 is 1.54 bits per heavy atom. The highest BCUT2D eigenvalue weighted by Crippen LogP contribution is 2.37. The number of rotatable bonds is 5. The highest BCUT2D eigenvalue weighted by Gasteiger charge is 2.29. The van der Waals surface area contributed by atoms with Crippen LogP contribution in [0.5, 0.6) is 0 Å². The van der Waals surface area contributed by atoms with E-state index in [9.17, 15) is 8.42 Å². The summed E-state index contributed by atoms with van der Waals surface area (Å²) in [6.07, 6.45) is 2.03. The molecule has 0 aliphatic heterocycles. The molecule has 0 fully saturated rings. The van der Waals surface area contributed by atoms with E-state index >= 15 is 0 Å². The van der Waals surface area contributed by atoms with Crippen LogP contribution < -0.4 is 0 Å². The number of allylic oxidation sites excluding steroid dienone is 1. The van der Waals surface area contributed by atoms with E-state index in [4.69, 9.17) is 0 Å². The first kappa shape index (κ1) is 16.9. The summed E-state index contributed by atoms with van der Waals surface area (Å²) in [6, 6.07) is 20.3. The fourth-order valence-electron chi connectivity index (χ4n) is 2.90. The Morgan fingerprint density at radius 3 is 2.21 bits per heavy atom. The fourth-order valence-corrected chi connectivity index (χ4v) is 5.33. The lowest BCUT2D eigenvalue weighted by Gasteiger charge is -2.18. The van der Waals surface area contributed by atoms with Gasteiger partial charge in [0.1, 0.15) is 0 Å². The van der Waals surface area contributed by atoms with E-state index in [1.165, 1.54) is 0 Å². The van der Waals surface area contributed by atoms with Gasteiger partial charge in [0.25, 0.3) is 0 Å². The third kappa shape index (κ3) is 3.04. The Labute approximate surface area is 150 Å². The van der Waals surface area contributed by atoms with E-state index in [1.807, 2.05) is 54.6 Å². The predicted molar refractivity (Wildman–Crippen MR) is 103 cm³/mol. The summed E-state index contributed by atoms with van der Waals surface area (Å²) in [7, 11) is -3.55. The Kier molecular flexibility index (Phi) is 4.88. The molecule has 0 N–H and O–H groups in total. The van der Waals surface area contributed by atoms with Crippen LogP contribution >= 0.6 is 15.9 Å². The third-order valence-corrected chi connectivity index (χ3v) is 6.94. The molecule has 24 heavy (non-hydrogen) atoms. The van der Waals surface area contributed by atoms with Gasteiger partial charge in [-0.2, -0.15) is 0 Å². The minimum atomic E-state index is -3.55. The molecule has 3 aromatic carbocycles. The number of halogens is 1. The van der Waals surface area contributed by atoms with E-state index in [1.54, 1.807) is 18.2 Å². The van der Waals surface area contributed by atoms with Crippen molar-refractivity contribution in [1.82, 2.24) is 0 Å². The van der Waals surface area contributed by atoms with Crippen molar-refractivity contribution < 1.29 is 8.42 Å². The van der Waals surface area contributed by atoms with Gasteiger partial charge >= 0.3 is 0 Å². The van der Waals surface area contributed by atoms with Gasteiger partial charge in [-0.05, 0) is 29.5 Å². The van der Waals surface area contributed by atoms with Crippen molar-refractivity contribution in [2.24, 2.45) is 0 Å². The van der Waals surface area contributed by atoms with E-state index in [-0.39, 0.29) is 0 Å². The number of fused-ring (bicyclic) bond motifs is 1. The van der Waals surface area contributed by atoms with E-state index in [0.717, 1.165) is 20.8 Å². The van der Waals surface area contributed by atoms with Gasteiger partial charge in [-0.15, -0.1) is 6.58 Å². The van der Waals surface area contributed by atoms with Gasteiger partial charge in [0.05, 0.1) is 10.1 Å². The van der Waals surface area contributed by atoms with E-state index in [0.29, 0.717) is 11.3 Å². The zero-order valence-electron chi connectivity index (χ0n) is 13.0. The van der Waals surface area contributed by atoms with E-state index in [2.05, 4.69) is 22.5 Å². The minimum Gasteiger partial charge on any atom is -0.223 e. The summed E-state index contributed by atoms with van der Waals surface area (Å²) in [4.78, 5) is 0.358. The van der Waals surface area contributed by atoms with Gasteiger partial charge in [-0.1, -0.05) is 76.6 Å². The standard InChI is InChI=1S/C20H17BrO2S/c1-2-8-19(15-9-4-3-5-10-15)24(22,23)20-14-13-18(21)16-11-6-7-12-17(16)20/h2-7,9-14,19H,1,8H2. The highest BCUT2D eigenvalue weighted by molar-refractivity contribution is 9.10. The number of hydrogen-bond donors (Lipinski definition) is 0. The monoisotopic (exact) mass is 400 g/mol. The maximum absolute atomic E-state index is 13.4. The van der Waals surface area contributed by atoms with Gasteiger partial charge in [0.15, 0.2) is 9.84 Å². The second-order valence-corrected chi connectivity index (χ2v) is 8.51. The molecule has 0 spiro atoms. The Hall–Kier alpha value is -1.91. The van der Waals surface area contributed by atoms with Crippen molar-refractivity contribution in [2.75, 3.05) is 0 Å². The van der Waals surface area contributed by atoms with Crippen LogP contribution in [0.25, 0.3) is 10.8 Å². The van der Waals surface area contributed by atoms with Gasteiger partial charge in [0.2, 0.25) is 0 Å². The molecule has 0 saturated carbocycles. The molecule has 0 saturated heterocycles. The minimum absolute atomic E-state index is 0.358. The molecular weight excluding hydrogens is 384 g/mol. The summed E-state index contributed by atoms with van der Waals surface area (Å²) in [5, 5.41) is 0.988. The molecule has 0 aromatic heterocycles. The van der Waals surface area contributed by atoms with Gasteiger partial charge < -0.3 is 0 Å². The normalized spacial score (nSPS) is 12.9. The first-order chi connectivity index (χ1) is 11.6. The third-order valence-electron chi connectivity index (χ3n) is 4.06. The molecule has 0 aliphatic carbocycles. The fraction of sp³-hybridized carbons (Fsp3) is 0.100. The largest absolute Gasteiger partial charge is 0.223 e. The lowest BCUT2D eigenvalue weighted by atomic mass is 10.1. The van der Waals surface area contributed by atoms with Crippen molar-refractivity contribution in [2.45, 2.75) is 16.6 Å². The second-order valence-electron chi connectivity index (χ2n) is 5.56. The molecule has 1 unspecified atom stereocenters. The maximum Gasteiger partial charge on any atom is 0.186 e. The van der Waals surface area contributed by atoms with Crippen molar-refractivity contribution in [3.05, 3.63) is 89.4 Å². The van der Waals surface area contributed by atoms with Crippen LogP contribution in [-0.4, -0.2) is 8.42 Å². The lowest BCUT2D eigenvalue weighted by molar-refractivity contribution is 0.583. The molecule has 0 heterocycles. The lowest BCUT2D eigenvalue weighted by Crippen LogP contribution is -2.14. The Balaban J connectivity index is 2.23. The molecular formula is C20H17BrO2S. The molecule has 0 radical (unpaired) electrons. The van der Waals surface area contributed by atoms with E-state index < -0.39 is 15.1 Å². The smallest absolute Gasteiger partial charge is 0.186 e. The molecule has 2 nitrogen and oxygen atoms in total. The number of sulfone groups is 1. The van der Waals surface area contributed by atoms with Crippen molar-refractivity contribution in [3.8, 4) is 0 Å². The average molecular weight is 401 g/mol. The van der Waals surface area contributed by atoms with Crippen LogP contribution in [-0.2, 0) is 9.84 Å². The second kappa shape index (κ2) is 6.91. The molecule has 3 aromatic rings. The summed E-state index contributed by atoms with van der Waals surface area (Å²) in [5.41, 5.74) is 0.782. The van der Waals surface area contributed by atoms with Crippen LogP contribution in [0.3, 0.4) is 0 Å². The maximum atomic E-state index is 13.4. The summed E-state index contributed by atoms with van der Waals surface area (Å²) in [6.45, 7) is 3.74. The Bertz CT molecular complexity index is 979. The molecule has 0 bridgehead atoms. The van der Waals surface area contributed by atoms with Gasteiger partial charge in [-0.3, -0.25) is 0 Å². The van der Waals surface area contributed by atoms with Crippen molar-refractivity contribution >= 4 is 36.5 Å². The van der Waals surface area contributed by atoms with Crippen LogP contribution in [0.15, 0.2) is 88.8 Å². The highest BCUT2D eigenvalue weighted by atomic mass is 79.9. The average Bonchev–Trinajstić information content (AvgIpc) is 2.60. The number of benzene rings is 3. The van der Waals surface area contributed by atoms with Crippen LogP contribution in [0.1, 0.15) is 17.2 Å². The van der Waals surface area contributed by atoms with Crippen LogP contribution in [0, 0.1) is 0 Å². The SMILES string of the molecule is C=CCC(c1ccccc1)S(=O)(=O)c1ccc(Br)c2ccccc12. The number of hydrogen-bond acceptors (Lipinski definition) is 2. The molecule has 122 valence electrons. The molecule has 1 atom stereocenters. The zero-order valence-corrected chi connectivity index (χ0v) is 15.4. The molecule has 0 aliphatic rings. The van der Waals surface area contributed by atoms with Crippen LogP contribution in [0.2, 0.25) is 0 Å². The van der Waals surface area contributed by atoms with Gasteiger partial charge in [-0.25, -0.2) is 8.42 Å². The topological polar surface area (TPSA) is 34.1 Å². The molecule has 4 heteroatoms. The molecule has 0 amide bonds. The molecule has 3 rings (SSSR count). The summed E-state index contributed by atoms with van der Waals surface area (Å²) in [5.74, 6) is 0.